The minimum Gasteiger partial charge on any atom is -0.366 e. The van der Waals surface area contributed by atoms with E-state index in [1.165, 1.54) is 41.5 Å². The lowest BCUT2D eigenvalue weighted by Gasteiger charge is -2.40. The van der Waals surface area contributed by atoms with E-state index in [4.69, 9.17) is 13.3 Å². The van der Waals surface area contributed by atoms with Crippen molar-refractivity contribution >= 4 is 14.5 Å². The predicted molar refractivity (Wildman–Crippen MR) is 89.3 cm³/mol. The Balaban J connectivity index is 3.49. The fourth-order valence-corrected chi connectivity index (χ4v) is 4.96. The van der Waals surface area contributed by atoms with Gasteiger partial charge >= 0.3 is 14.5 Å². The topological polar surface area (TPSA) is 30.9 Å². The van der Waals surface area contributed by atoms with Crippen molar-refractivity contribution < 1.29 is 35.3 Å². The molecule has 0 aromatic heterocycles. The molecule has 10 heteroatoms. The Morgan fingerprint density at radius 1 is 0.885 bits per heavy atom. The number of rotatable bonds is 9. The van der Waals surface area contributed by atoms with Crippen molar-refractivity contribution in [2.75, 3.05) is 5.12 Å². The van der Waals surface area contributed by atoms with Crippen molar-refractivity contribution in [1.29, 1.82) is 0 Å². The lowest BCUT2D eigenvalue weighted by atomic mass is 10.3. The summed E-state index contributed by atoms with van der Waals surface area (Å²) in [4.78, 5) is 0. The van der Waals surface area contributed by atoms with E-state index in [0.29, 0.717) is 12.1 Å². The molecule has 1 aromatic rings. The molecular weight excluding hydrogens is 377 g/mol. The summed E-state index contributed by atoms with van der Waals surface area (Å²) in [7, 11) is -5.07. The Kier molecular flexibility index (Phi) is 7.58. The van der Waals surface area contributed by atoms with Crippen LogP contribution < -0.4 is 5.12 Å². The minimum atomic E-state index is -5.07. The number of hydrogen-bond donors (Lipinski definition) is 0. The van der Waals surface area contributed by atoms with Gasteiger partial charge in [0.1, 0.15) is 5.69 Å². The third-order valence-electron chi connectivity index (χ3n) is 2.93. The average Bonchev–Trinajstić information content (AvgIpc) is 2.46. The summed E-state index contributed by atoms with van der Waals surface area (Å²) in [6.07, 6.45) is -2.39. The largest absolute Gasteiger partial charge is 0.603 e. The Labute approximate surface area is 151 Å². The normalized spacial score (nSPS) is 13.2. The molecule has 0 aliphatic heterocycles. The highest BCUT2D eigenvalue weighted by atomic mass is 28.4. The van der Waals surface area contributed by atoms with Gasteiger partial charge < -0.3 is 13.3 Å². The van der Waals surface area contributed by atoms with E-state index in [9.17, 15) is 13.3 Å². The minimum absolute atomic E-state index is 0.686. The van der Waals surface area contributed by atoms with Crippen LogP contribution in [-0.4, -0.2) is 32.8 Å². The van der Waals surface area contributed by atoms with Gasteiger partial charge in [0.05, 0.1) is 0 Å². The Bertz CT molecular complexity index is 575. The summed E-state index contributed by atoms with van der Waals surface area (Å²) >= 11 is 0. The van der Waals surface area contributed by atoms with Crippen molar-refractivity contribution in [1.82, 2.24) is 0 Å². The summed E-state index contributed by atoms with van der Waals surface area (Å²) in [5, 5.41) is -1.18. The molecule has 0 saturated carbocycles. The first-order valence-corrected chi connectivity index (χ1v) is 9.87. The Morgan fingerprint density at radius 3 is 1.69 bits per heavy atom. The van der Waals surface area contributed by atoms with Gasteiger partial charge in [-0.1, -0.05) is 10.5 Å². The van der Waals surface area contributed by atoms with E-state index in [1.54, 1.807) is 0 Å². The molecule has 0 N–H and O–H groups in total. The lowest BCUT2D eigenvalue weighted by molar-refractivity contribution is -0.101. The van der Waals surface area contributed by atoms with Crippen LogP contribution in [0.4, 0.5) is 27.7 Å². The molecule has 0 heterocycles. The van der Waals surface area contributed by atoms with E-state index in [0.717, 1.165) is 6.07 Å². The fourth-order valence-electron chi connectivity index (χ4n) is 2.14. The van der Waals surface area contributed by atoms with Crippen LogP contribution in [0.2, 0.25) is 0 Å². The number of nitrogens with zero attached hydrogens (tertiary/aromatic N) is 1. The summed E-state index contributed by atoms with van der Waals surface area (Å²) in [6, 6.07) is 2.29. The fraction of sp³-hybridized carbons (Fsp3) is 0.625. The molecule has 0 amide bonds. The molecule has 26 heavy (non-hydrogen) atoms. The predicted octanol–water partition coefficient (Wildman–Crippen LogP) is 5.00. The number of benzene rings is 1. The van der Waals surface area contributed by atoms with Gasteiger partial charge in [-0.15, -0.1) is 5.12 Å². The maximum Gasteiger partial charge on any atom is 0.603 e. The molecule has 4 nitrogen and oxygen atoms in total. The molecule has 0 fully saturated rings. The second-order valence-electron chi connectivity index (χ2n) is 6.45. The summed E-state index contributed by atoms with van der Waals surface area (Å²) < 4.78 is 88.1. The van der Waals surface area contributed by atoms with Gasteiger partial charge in [-0.2, -0.15) is 8.78 Å². The molecule has 1 rings (SSSR count). The molecule has 1 aromatic carbocycles. The molecule has 0 unspecified atom stereocenters. The first-order valence-electron chi connectivity index (χ1n) is 8.15. The number of halogens is 5. The summed E-state index contributed by atoms with van der Waals surface area (Å²) in [5.41, 5.74) is -5.79. The van der Waals surface area contributed by atoms with Crippen LogP contribution in [0.3, 0.4) is 0 Å². The molecule has 0 bridgehead atoms. The van der Waals surface area contributed by atoms with E-state index in [2.05, 4.69) is 0 Å². The number of hydrogen-bond acceptors (Lipinski definition) is 4. The first kappa shape index (κ1) is 22.8. The van der Waals surface area contributed by atoms with Crippen molar-refractivity contribution in [3.05, 3.63) is 29.8 Å². The van der Waals surface area contributed by atoms with E-state index < -0.39 is 55.2 Å². The Morgan fingerprint density at radius 2 is 1.31 bits per heavy atom. The molecule has 0 saturated heterocycles. The van der Waals surface area contributed by atoms with Gasteiger partial charge in [0.2, 0.25) is 0 Å². The monoisotopic (exact) mass is 401 g/mol. The zero-order valence-electron chi connectivity index (χ0n) is 15.5. The van der Waals surface area contributed by atoms with Crippen molar-refractivity contribution in [3.63, 3.8) is 0 Å². The molecule has 0 aliphatic rings. The van der Waals surface area contributed by atoms with Gasteiger partial charge in [-0.05, 0) is 53.7 Å². The molecule has 0 aliphatic carbocycles. The van der Waals surface area contributed by atoms with Crippen molar-refractivity contribution in [2.45, 2.75) is 65.5 Å². The highest BCUT2D eigenvalue weighted by Gasteiger charge is 2.71. The quantitative estimate of drug-likeness (QED) is 0.252. The van der Waals surface area contributed by atoms with E-state index in [1.807, 2.05) is 0 Å². The van der Waals surface area contributed by atoms with E-state index in [-0.39, 0.29) is 0 Å². The highest BCUT2D eigenvalue weighted by molar-refractivity contribution is 6.64. The molecule has 0 radical (unpaired) electrons. The Hall–Kier alpha value is -1.23. The molecular formula is C16H24F5NO3Si. The standard InChI is InChI=1S/C16H24F5NO3Si/c1-10(2)23-26(24-11(3)4,25-12(5)6)16(19,20)22(21)14-9-7-8-13(17)15(14)18/h7-12H,1-6H3. The van der Waals surface area contributed by atoms with Crippen LogP contribution in [0.5, 0.6) is 0 Å². The van der Waals surface area contributed by atoms with Crippen LogP contribution in [0.25, 0.3) is 0 Å². The van der Waals surface area contributed by atoms with Crippen LogP contribution in [0.15, 0.2) is 18.2 Å². The van der Waals surface area contributed by atoms with Gasteiger partial charge in [-0.25, -0.2) is 8.78 Å². The lowest BCUT2D eigenvalue weighted by Crippen LogP contribution is -2.68. The molecule has 0 spiro atoms. The van der Waals surface area contributed by atoms with Crippen LogP contribution >= 0.6 is 0 Å². The second kappa shape index (κ2) is 8.64. The zero-order chi connectivity index (χ0) is 20.3. The maximum absolute atomic E-state index is 15.2. The van der Waals surface area contributed by atoms with Gasteiger partial charge in [0.15, 0.2) is 11.6 Å². The van der Waals surface area contributed by atoms with Crippen LogP contribution in [0.1, 0.15) is 41.5 Å². The smallest absolute Gasteiger partial charge is 0.366 e. The first-order chi connectivity index (χ1) is 11.8. The third kappa shape index (κ3) is 4.93. The summed E-state index contributed by atoms with van der Waals surface area (Å²) in [5.74, 6) is -3.22. The van der Waals surface area contributed by atoms with Crippen LogP contribution in [-0.2, 0) is 13.3 Å². The van der Waals surface area contributed by atoms with Gasteiger partial charge in [-0.3, -0.25) is 0 Å². The molecule has 0 atom stereocenters. The zero-order valence-corrected chi connectivity index (χ0v) is 16.5. The van der Waals surface area contributed by atoms with Crippen molar-refractivity contribution in [2.24, 2.45) is 0 Å². The van der Waals surface area contributed by atoms with Crippen molar-refractivity contribution in [3.8, 4) is 0 Å². The summed E-state index contributed by atoms with van der Waals surface area (Å²) in [6.45, 7) is 8.73. The maximum atomic E-state index is 15.2. The SMILES string of the molecule is CC(C)O[Si](OC(C)C)(OC(C)C)C(F)(F)N(F)c1cccc(F)c1F. The third-order valence-corrected chi connectivity index (χ3v) is 6.21. The second-order valence-corrected chi connectivity index (χ2v) is 8.87. The average molecular weight is 401 g/mol. The number of alkyl halides is 2. The number of anilines is 1. The highest BCUT2D eigenvalue weighted by Crippen LogP contribution is 2.40. The van der Waals surface area contributed by atoms with E-state index >= 15 is 8.78 Å². The van der Waals surface area contributed by atoms with Gasteiger partial charge in [0.25, 0.3) is 0 Å². The molecule has 150 valence electrons. The van der Waals surface area contributed by atoms with Crippen LogP contribution in [0, 0.1) is 11.6 Å². The van der Waals surface area contributed by atoms with Gasteiger partial charge in [0, 0.05) is 18.3 Å².